The Balaban J connectivity index is 0.000000152. The molecule has 0 aliphatic heterocycles. The van der Waals surface area contributed by atoms with E-state index >= 15 is 0 Å². The minimum Gasteiger partial charge on any atom is -0.232 e. The fourth-order valence-electron chi connectivity index (χ4n) is 2.37. The lowest BCUT2D eigenvalue weighted by molar-refractivity contribution is -0.144. The summed E-state index contributed by atoms with van der Waals surface area (Å²) in [6, 6.07) is 27.3. The Bertz CT molecular complexity index is 931. The molecule has 0 spiro atoms. The molecule has 3 aromatic carbocycles. The average Bonchev–Trinajstić information content (AvgIpc) is 2.69. The van der Waals surface area contributed by atoms with Gasteiger partial charge in [0.25, 0.3) is 0 Å². The van der Waals surface area contributed by atoms with Crippen molar-refractivity contribution < 1.29 is 13.2 Å². The molecular formula is C21H15F3N2. The first-order chi connectivity index (χ1) is 12.5. The van der Waals surface area contributed by atoms with Crippen LogP contribution >= 0.6 is 0 Å². The maximum atomic E-state index is 12.2. The second kappa shape index (κ2) is 7.78. The molecule has 0 N–H and O–H groups in total. The zero-order valence-corrected chi connectivity index (χ0v) is 13.7. The topological polar surface area (TPSA) is 25.8 Å². The number of benzene rings is 3. The van der Waals surface area contributed by atoms with Crippen LogP contribution in [0.4, 0.5) is 13.2 Å². The van der Waals surface area contributed by atoms with Crippen LogP contribution in [-0.2, 0) is 6.18 Å². The van der Waals surface area contributed by atoms with Crippen LogP contribution in [0.2, 0.25) is 0 Å². The van der Waals surface area contributed by atoms with Gasteiger partial charge >= 0.3 is 6.18 Å². The molecule has 0 amide bonds. The lowest BCUT2D eigenvalue weighted by Gasteiger charge is -2.04. The second-order valence-electron chi connectivity index (χ2n) is 5.48. The zero-order valence-electron chi connectivity index (χ0n) is 13.7. The summed E-state index contributed by atoms with van der Waals surface area (Å²) in [5.74, 6) is -1.10. The van der Waals surface area contributed by atoms with E-state index in [4.69, 9.17) is 0 Å². The highest BCUT2D eigenvalue weighted by atomic mass is 19.4. The van der Waals surface area contributed by atoms with E-state index in [2.05, 4.69) is 58.5 Å². The third kappa shape index (κ3) is 4.45. The molecule has 5 heteroatoms. The Morgan fingerprint density at radius 3 is 1.65 bits per heavy atom. The second-order valence-corrected chi connectivity index (χ2v) is 5.48. The third-order valence-electron chi connectivity index (χ3n) is 3.62. The molecule has 1 heterocycles. The predicted molar refractivity (Wildman–Crippen MR) is 96.4 cm³/mol. The highest BCUT2D eigenvalue weighted by molar-refractivity contribution is 5.77. The predicted octanol–water partition coefficient (Wildman–Crippen LogP) is 6.00. The SMILES string of the molecule is FC(F)(F)c1ncc2ccccc2n1.c1ccc(-c2ccccc2)cc1. The van der Waals surface area contributed by atoms with Gasteiger partial charge in [-0.2, -0.15) is 13.2 Å². The van der Waals surface area contributed by atoms with Gasteiger partial charge in [-0.15, -0.1) is 0 Å². The van der Waals surface area contributed by atoms with Crippen molar-refractivity contribution in [2.24, 2.45) is 0 Å². The molecule has 0 aliphatic carbocycles. The summed E-state index contributed by atoms with van der Waals surface area (Å²) in [5, 5.41) is 0.598. The summed E-state index contributed by atoms with van der Waals surface area (Å²) in [7, 11) is 0. The smallest absolute Gasteiger partial charge is 0.232 e. The highest BCUT2D eigenvalue weighted by Gasteiger charge is 2.34. The van der Waals surface area contributed by atoms with Gasteiger partial charge in [0.05, 0.1) is 5.52 Å². The minimum absolute atomic E-state index is 0.301. The van der Waals surface area contributed by atoms with Gasteiger partial charge in [-0.05, 0) is 17.2 Å². The monoisotopic (exact) mass is 352 g/mol. The van der Waals surface area contributed by atoms with Crippen LogP contribution in [0.15, 0.2) is 91.1 Å². The van der Waals surface area contributed by atoms with Crippen molar-refractivity contribution in [3.05, 3.63) is 97.0 Å². The molecule has 0 atom stereocenters. The van der Waals surface area contributed by atoms with Gasteiger partial charge in [0.2, 0.25) is 5.82 Å². The number of aromatic nitrogens is 2. The molecule has 0 bridgehead atoms. The van der Waals surface area contributed by atoms with Gasteiger partial charge in [0, 0.05) is 11.6 Å². The Morgan fingerprint density at radius 2 is 1.12 bits per heavy atom. The maximum absolute atomic E-state index is 12.2. The number of nitrogens with zero attached hydrogens (tertiary/aromatic N) is 2. The fraction of sp³-hybridized carbons (Fsp3) is 0.0476. The maximum Gasteiger partial charge on any atom is 0.451 e. The highest BCUT2D eigenvalue weighted by Crippen LogP contribution is 2.26. The molecule has 2 nitrogen and oxygen atoms in total. The number of fused-ring (bicyclic) bond motifs is 1. The van der Waals surface area contributed by atoms with Gasteiger partial charge in [0.1, 0.15) is 0 Å². The molecular weight excluding hydrogens is 337 g/mol. The largest absolute Gasteiger partial charge is 0.451 e. The van der Waals surface area contributed by atoms with Crippen LogP contribution in [0.1, 0.15) is 5.82 Å². The Morgan fingerprint density at radius 1 is 0.615 bits per heavy atom. The number of hydrogen-bond acceptors (Lipinski definition) is 2. The van der Waals surface area contributed by atoms with E-state index in [9.17, 15) is 13.2 Å². The van der Waals surface area contributed by atoms with E-state index < -0.39 is 12.0 Å². The van der Waals surface area contributed by atoms with Crippen LogP contribution < -0.4 is 0 Å². The molecule has 130 valence electrons. The quantitative estimate of drug-likeness (QED) is 0.420. The number of halogens is 3. The number of alkyl halides is 3. The molecule has 0 aliphatic rings. The van der Waals surface area contributed by atoms with Crippen molar-refractivity contribution in [2.45, 2.75) is 6.18 Å². The van der Waals surface area contributed by atoms with Crippen LogP contribution in [0, 0.1) is 0 Å². The standard InChI is InChI=1S/C12H10.C9H5F3N2/c1-3-7-11(8-4-1)12-9-5-2-6-10-12;10-9(11,12)8-13-5-6-3-1-2-4-7(6)14-8/h1-10H;1-5H. The van der Waals surface area contributed by atoms with E-state index in [0.29, 0.717) is 10.9 Å². The molecule has 1 aromatic heterocycles. The summed E-state index contributed by atoms with van der Waals surface area (Å²) >= 11 is 0. The molecule has 0 radical (unpaired) electrons. The summed E-state index contributed by atoms with van der Waals surface area (Å²) in [4.78, 5) is 6.65. The van der Waals surface area contributed by atoms with Gasteiger partial charge in [-0.3, -0.25) is 0 Å². The van der Waals surface area contributed by atoms with Crippen molar-refractivity contribution in [2.75, 3.05) is 0 Å². The number of rotatable bonds is 1. The van der Waals surface area contributed by atoms with Crippen LogP contribution in [0.5, 0.6) is 0 Å². The molecule has 0 saturated carbocycles. The van der Waals surface area contributed by atoms with Gasteiger partial charge in [0.15, 0.2) is 0 Å². The summed E-state index contributed by atoms with van der Waals surface area (Å²) in [6.07, 6.45) is -3.31. The van der Waals surface area contributed by atoms with Crippen molar-refractivity contribution >= 4 is 10.9 Å². The molecule has 0 fully saturated rings. The normalized spacial score (nSPS) is 10.9. The summed E-state index contributed by atoms with van der Waals surface area (Å²) in [6.45, 7) is 0. The minimum atomic E-state index is -4.48. The van der Waals surface area contributed by atoms with Crippen molar-refractivity contribution in [1.29, 1.82) is 0 Å². The van der Waals surface area contributed by atoms with E-state index in [1.165, 1.54) is 23.4 Å². The van der Waals surface area contributed by atoms with Crippen molar-refractivity contribution in [1.82, 2.24) is 9.97 Å². The van der Waals surface area contributed by atoms with Gasteiger partial charge in [-0.25, -0.2) is 9.97 Å². The van der Waals surface area contributed by atoms with Crippen LogP contribution in [0.3, 0.4) is 0 Å². The van der Waals surface area contributed by atoms with E-state index in [-0.39, 0.29) is 0 Å². The first kappa shape index (κ1) is 17.6. The lowest BCUT2D eigenvalue weighted by Crippen LogP contribution is -2.10. The number of hydrogen-bond donors (Lipinski definition) is 0. The lowest BCUT2D eigenvalue weighted by atomic mass is 10.1. The Labute approximate surface area is 149 Å². The average molecular weight is 352 g/mol. The zero-order chi connectivity index (χ0) is 18.4. The Hall–Kier alpha value is -3.21. The van der Waals surface area contributed by atoms with Gasteiger partial charge in [-0.1, -0.05) is 78.9 Å². The van der Waals surface area contributed by atoms with Crippen molar-refractivity contribution in [3.63, 3.8) is 0 Å². The third-order valence-corrected chi connectivity index (χ3v) is 3.62. The fourth-order valence-corrected chi connectivity index (χ4v) is 2.37. The summed E-state index contributed by atoms with van der Waals surface area (Å²) in [5.41, 5.74) is 2.85. The first-order valence-corrected chi connectivity index (χ1v) is 7.93. The molecule has 0 saturated heterocycles. The van der Waals surface area contributed by atoms with E-state index in [1.54, 1.807) is 18.2 Å². The molecule has 26 heavy (non-hydrogen) atoms. The van der Waals surface area contributed by atoms with Crippen molar-refractivity contribution in [3.8, 4) is 11.1 Å². The molecule has 4 aromatic rings. The molecule has 4 rings (SSSR count). The Kier molecular flexibility index (Phi) is 5.27. The van der Waals surface area contributed by atoms with Crippen LogP contribution in [-0.4, -0.2) is 9.97 Å². The van der Waals surface area contributed by atoms with Gasteiger partial charge < -0.3 is 0 Å². The molecule has 0 unspecified atom stereocenters. The number of para-hydroxylation sites is 1. The first-order valence-electron chi connectivity index (χ1n) is 7.93. The van der Waals surface area contributed by atoms with E-state index in [1.807, 2.05) is 12.1 Å². The van der Waals surface area contributed by atoms with Crippen LogP contribution in [0.25, 0.3) is 22.0 Å². The van der Waals surface area contributed by atoms with E-state index in [0.717, 1.165) is 0 Å². The summed E-state index contributed by atoms with van der Waals surface area (Å²) < 4.78 is 36.6.